The molecule has 146 valence electrons. The van der Waals surface area contributed by atoms with Gasteiger partial charge in [0, 0.05) is 16.1 Å². The number of hydrogen-bond acceptors (Lipinski definition) is 5. The van der Waals surface area contributed by atoms with Gasteiger partial charge in [-0.15, -0.1) is 11.3 Å². The van der Waals surface area contributed by atoms with Crippen LogP contribution in [0.3, 0.4) is 0 Å². The molecule has 3 rings (SSSR count). The summed E-state index contributed by atoms with van der Waals surface area (Å²) >= 11 is 7.93. The smallest absolute Gasteiger partial charge is 0.399 e. The van der Waals surface area contributed by atoms with Gasteiger partial charge in [0.15, 0.2) is 0 Å². The van der Waals surface area contributed by atoms with E-state index < -0.39 is 17.1 Å². The number of rotatable bonds is 5. The molecule has 1 saturated heterocycles. The van der Waals surface area contributed by atoms with Gasteiger partial charge in [-0.25, -0.2) is 8.42 Å². The van der Waals surface area contributed by atoms with E-state index in [-0.39, 0.29) is 11.2 Å². The predicted octanol–water partition coefficient (Wildman–Crippen LogP) is 4.13. The van der Waals surface area contributed by atoms with Crippen molar-refractivity contribution in [2.24, 2.45) is 0 Å². The second kappa shape index (κ2) is 7.08. The Morgan fingerprint density at radius 2 is 1.93 bits per heavy atom. The molecule has 1 aliphatic rings. The van der Waals surface area contributed by atoms with E-state index in [4.69, 9.17) is 20.9 Å². The highest BCUT2D eigenvalue weighted by molar-refractivity contribution is 7.92. The Morgan fingerprint density at radius 3 is 2.48 bits per heavy atom. The average molecular weight is 428 g/mol. The standard InChI is InChI=1S/C18H23BClNO4S2/c1-6-18(4)17(2,3)24-19(25-18)12-9-16(26-11-12)14-8-7-13(10-15(14)20)21-27(5,22)23/h7-11,21H,6H2,1-5H3. The van der Waals surface area contributed by atoms with Crippen molar-refractivity contribution in [2.45, 2.75) is 45.3 Å². The first-order valence-corrected chi connectivity index (χ1v) is 11.8. The van der Waals surface area contributed by atoms with Crippen molar-refractivity contribution in [1.29, 1.82) is 0 Å². The molecule has 0 bridgehead atoms. The van der Waals surface area contributed by atoms with Crippen molar-refractivity contribution >= 4 is 51.2 Å². The van der Waals surface area contributed by atoms with Gasteiger partial charge in [0.05, 0.1) is 22.5 Å². The highest BCUT2D eigenvalue weighted by Crippen LogP contribution is 2.40. The molecule has 0 aliphatic carbocycles. The minimum Gasteiger partial charge on any atom is -0.399 e. The molecule has 1 fully saturated rings. The van der Waals surface area contributed by atoms with E-state index >= 15 is 0 Å². The molecule has 9 heteroatoms. The maximum Gasteiger partial charge on any atom is 0.495 e. The van der Waals surface area contributed by atoms with Gasteiger partial charge in [-0.05, 0) is 62.3 Å². The maximum absolute atomic E-state index is 11.4. The Morgan fingerprint density at radius 1 is 1.22 bits per heavy atom. The Balaban J connectivity index is 1.85. The molecule has 0 saturated carbocycles. The lowest BCUT2D eigenvalue weighted by Gasteiger charge is -2.35. The van der Waals surface area contributed by atoms with Crippen LogP contribution in [0.2, 0.25) is 5.02 Å². The monoisotopic (exact) mass is 427 g/mol. The van der Waals surface area contributed by atoms with E-state index in [2.05, 4.69) is 18.6 Å². The normalized spacial score (nSPS) is 22.2. The van der Waals surface area contributed by atoms with Gasteiger partial charge < -0.3 is 9.31 Å². The Hall–Kier alpha value is -1.06. The third kappa shape index (κ3) is 4.20. The predicted molar refractivity (Wildman–Crippen MR) is 114 cm³/mol. The summed E-state index contributed by atoms with van der Waals surface area (Å²) in [5.74, 6) is 0. The summed E-state index contributed by atoms with van der Waals surface area (Å²) in [6.45, 7) is 8.27. The number of hydrogen-bond donors (Lipinski definition) is 1. The minimum absolute atomic E-state index is 0.351. The molecule has 2 heterocycles. The lowest BCUT2D eigenvalue weighted by atomic mass is 9.81. The Bertz CT molecular complexity index is 960. The SMILES string of the molecule is CCC1(C)OB(c2csc(-c3ccc(NS(C)(=O)=O)cc3Cl)c2)OC1(C)C. The van der Waals surface area contributed by atoms with Crippen LogP contribution in [0.5, 0.6) is 0 Å². The first kappa shape index (κ1) is 20.7. The van der Waals surface area contributed by atoms with Crippen LogP contribution in [-0.2, 0) is 19.3 Å². The molecular weight excluding hydrogens is 405 g/mol. The van der Waals surface area contributed by atoms with Gasteiger partial charge in [0.2, 0.25) is 10.0 Å². The summed E-state index contributed by atoms with van der Waals surface area (Å²) in [5.41, 5.74) is 1.49. The molecule has 0 amide bonds. The second-order valence-electron chi connectivity index (χ2n) is 7.48. The number of thiophene rings is 1. The molecule has 1 aromatic heterocycles. The topological polar surface area (TPSA) is 64.6 Å². The molecule has 27 heavy (non-hydrogen) atoms. The summed E-state index contributed by atoms with van der Waals surface area (Å²) in [7, 11) is -3.76. The summed E-state index contributed by atoms with van der Waals surface area (Å²) in [5, 5.41) is 2.49. The zero-order valence-electron chi connectivity index (χ0n) is 16.0. The van der Waals surface area contributed by atoms with E-state index in [9.17, 15) is 8.42 Å². The van der Waals surface area contributed by atoms with Gasteiger partial charge in [0.1, 0.15) is 0 Å². The number of anilines is 1. The third-order valence-electron chi connectivity index (χ3n) is 5.15. The van der Waals surface area contributed by atoms with E-state index in [1.54, 1.807) is 23.5 Å². The van der Waals surface area contributed by atoms with Crippen LogP contribution in [0.1, 0.15) is 34.1 Å². The van der Waals surface area contributed by atoms with Crippen molar-refractivity contribution in [2.75, 3.05) is 11.0 Å². The van der Waals surface area contributed by atoms with Crippen LogP contribution in [0, 0.1) is 0 Å². The molecule has 2 aromatic rings. The molecule has 5 nitrogen and oxygen atoms in total. The van der Waals surface area contributed by atoms with Crippen LogP contribution in [0.15, 0.2) is 29.6 Å². The number of nitrogens with one attached hydrogen (secondary N) is 1. The van der Waals surface area contributed by atoms with Gasteiger partial charge in [-0.1, -0.05) is 18.5 Å². The van der Waals surface area contributed by atoms with Crippen LogP contribution in [0.25, 0.3) is 10.4 Å². The largest absolute Gasteiger partial charge is 0.495 e. The fourth-order valence-electron chi connectivity index (χ4n) is 3.05. The molecular formula is C18H23BClNO4S2. The fourth-order valence-corrected chi connectivity index (χ4v) is 4.89. The molecule has 0 radical (unpaired) electrons. The van der Waals surface area contributed by atoms with Crippen LogP contribution in [-0.4, -0.2) is 33.0 Å². The zero-order valence-corrected chi connectivity index (χ0v) is 18.4. The van der Waals surface area contributed by atoms with E-state index in [1.165, 1.54) is 0 Å². The highest BCUT2D eigenvalue weighted by Gasteiger charge is 2.53. The van der Waals surface area contributed by atoms with Gasteiger partial charge in [-0.2, -0.15) is 0 Å². The molecule has 1 aliphatic heterocycles. The molecule has 1 aromatic carbocycles. The summed E-state index contributed by atoms with van der Waals surface area (Å²) < 4.78 is 37.6. The van der Waals surface area contributed by atoms with Crippen molar-refractivity contribution < 1.29 is 17.7 Å². The number of benzene rings is 1. The quantitative estimate of drug-likeness (QED) is 0.729. The number of halogens is 1. The average Bonchev–Trinajstić information content (AvgIpc) is 3.10. The van der Waals surface area contributed by atoms with Crippen molar-refractivity contribution in [3.05, 3.63) is 34.7 Å². The fraction of sp³-hybridized carbons (Fsp3) is 0.444. The second-order valence-corrected chi connectivity index (χ2v) is 10.5. The van der Waals surface area contributed by atoms with Crippen LogP contribution < -0.4 is 10.2 Å². The van der Waals surface area contributed by atoms with Crippen molar-refractivity contribution in [3.8, 4) is 10.4 Å². The van der Waals surface area contributed by atoms with E-state index in [0.717, 1.165) is 28.6 Å². The lowest BCUT2D eigenvalue weighted by Crippen LogP contribution is -2.44. The van der Waals surface area contributed by atoms with Gasteiger partial charge in [0.25, 0.3) is 0 Å². The van der Waals surface area contributed by atoms with Crippen LogP contribution >= 0.6 is 22.9 Å². The molecule has 1 atom stereocenters. The van der Waals surface area contributed by atoms with E-state index in [0.29, 0.717) is 10.7 Å². The first-order valence-electron chi connectivity index (χ1n) is 8.66. The molecule has 1 unspecified atom stereocenters. The number of sulfonamides is 1. The third-order valence-corrected chi connectivity index (χ3v) is 7.05. The van der Waals surface area contributed by atoms with Crippen molar-refractivity contribution in [1.82, 2.24) is 0 Å². The zero-order chi connectivity index (χ0) is 20.0. The molecule has 0 spiro atoms. The molecule has 1 N–H and O–H groups in total. The van der Waals surface area contributed by atoms with Gasteiger partial charge >= 0.3 is 7.12 Å². The Labute approximate surface area is 170 Å². The van der Waals surface area contributed by atoms with Gasteiger partial charge in [-0.3, -0.25) is 4.72 Å². The van der Waals surface area contributed by atoms with Crippen LogP contribution in [0.4, 0.5) is 5.69 Å². The van der Waals surface area contributed by atoms with Crippen molar-refractivity contribution in [3.63, 3.8) is 0 Å². The summed E-state index contributed by atoms with van der Waals surface area (Å²) in [6.07, 6.45) is 1.96. The maximum atomic E-state index is 11.4. The summed E-state index contributed by atoms with van der Waals surface area (Å²) in [6, 6.07) is 7.12. The Kier molecular flexibility index (Phi) is 5.42. The first-order chi connectivity index (χ1) is 12.4. The summed E-state index contributed by atoms with van der Waals surface area (Å²) in [4.78, 5) is 0.969. The highest BCUT2D eigenvalue weighted by atomic mass is 35.5. The van der Waals surface area contributed by atoms with E-state index in [1.807, 2.05) is 31.4 Å². The lowest BCUT2D eigenvalue weighted by molar-refractivity contribution is -0.0118. The minimum atomic E-state index is -3.34.